The second kappa shape index (κ2) is 12.6. The summed E-state index contributed by atoms with van der Waals surface area (Å²) in [5.41, 5.74) is 10.0. The summed E-state index contributed by atoms with van der Waals surface area (Å²) >= 11 is 0. The van der Waals surface area contributed by atoms with Crippen LogP contribution in [-0.2, 0) is 0 Å². The van der Waals surface area contributed by atoms with Gasteiger partial charge in [0.15, 0.2) is 11.4 Å². The Balaban J connectivity index is 1.05. The van der Waals surface area contributed by atoms with Gasteiger partial charge in [0.05, 0.1) is 22.6 Å². The van der Waals surface area contributed by atoms with E-state index in [0.29, 0.717) is 11.7 Å². The summed E-state index contributed by atoms with van der Waals surface area (Å²) < 4.78 is 6.30. The van der Waals surface area contributed by atoms with Crippen molar-refractivity contribution in [1.82, 2.24) is 19.9 Å². The van der Waals surface area contributed by atoms with Gasteiger partial charge in [-0.2, -0.15) is 0 Å². The summed E-state index contributed by atoms with van der Waals surface area (Å²) in [6.07, 6.45) is 0. The van der Waals surface area contributed by atoms with Gasteiger partial charge in [-0.05, 0) is 70.1 Å². The highest BCUT2D eigenvalue weighted by Gasteiger charge is 2.18. The van der Waals surface area contributed by atoms with Crippen molar-refractivity contribution in [3.63, 3.8) is 0 Å². The van der Waals surface area contributed by atoms with E-state index in [1.165, 1.54) is 21.5 Å². The highest BCUT2D eigenvalue weighted by Crippen LogP contribution is 2.39. The number of nitrogens with zero attached hydrogens (tertiary/aromatic N) is 4. The van der Waals surface area contributed by atoms with E-state index in [1.54, 1.807) is 0 Å². The second-order valence-electron chi connectivity index (χ2n) is 13.9. The van der Waals surface area contributed by atoms with Crippen molar-refractivity contribution >= 4 is 54.3 Å². The number of benzene rings is 8. The molecule has 256 valence electrons. The zero-order chi connectivity index (χ0) is 36.3. The lowest BCUT2D eigenvalue weighted by Gasteiger charge is -2.12. The Morgan fingerprint density at radius 3 is 1.64 bits per heavy atom. The van der Waals surface area contributed by atoms with E-state index in [1.807, 2.05) is 48.5 Å². The van der Waals surface area contributed by atoms with Crippen LogP contribution >= 0.6 is 0 Å². The average molecular weight is 703 g/mol. The molecule has 0 fully saturated rings. The standard InChI is InChI=1S/C50H30N4O/c1-2-12-35(13-3-1)50-54-48-45(55-50)27-26-41-46(48)40-16-8-9-17-42(40)51-47(41)33-20-22-34(23-21-33)49-52-43(38-24-18-31-10-4-6-14-36(31)28-38)30-44(53-49)39-25-19-32-11-5-7-15-37(32)29-39/h1-30H. The maximum absolute atomic E-state index is 6.30. The zero-order valence-electron chi connectivity index (χ0n) is 29.5. The monoisotopic (exact) mass is 702 g/mol. The molecule has 3 heterocycles. The van der Waals surface area contributed by atoms with Gasteiger partial charge in [-0.3, -0.25) is 0 Å². The molecule has 0 N–H and O–H groups in total. The molecule has 55 heavy (non-hydrogen) atoms. The van der Waals surface area contributed by atoms with E-state index >= 15 is 0 Å². The first-order valence-electron chi connectivity index (χ1n) is 18.4. The molecule has 5 heteroatoms. The summed E-state index contributed by atoms with van der Waals surface area (Å²) in [7, 11) is 0. The number of fused-ring (bicyclic) bond motifs is 7. The molecule has 0 aliphatic carbocycles. The van der Waals surface area contributed by atoms with E-state index < -0.39 is 0 Å². The van der Waals surface area contributed by atoms with Crippen LogP contribution in [0.3, 0.4) is 0 Å². The number of para-hydroxylation sites is 1. The first-order chi connectivity index (χ1) is 27.2. The lowest BCUT2D eigenvalue weighted by atomic mass is 9.98. The first kappa shape index (κ1) is 31.1. The third-order valence-corrected chi connectivity index (χ3v) is 10.5. The van der Waals surface area contributed by atoms with Crippen molar-refractivity contribution in [1.29, 1.82) is 0 Å². The highest BCUT2D eigenvalue weighted by molar-refractivity contribution is 6.20. The van der Waals surface area contributed by atoms with Crippen LogP contribution in [0, 0.1) is 0 Å². The Kier molecular flexibility index (Phi) is 7.10. The van der Waals surface area contributed by atoms with Crippen molar-refractivity contribution < 1.29 is 4.42 Å². The molecule has 11 rings (SSSR count). The van der Waals surface area contributed by atoms with Gasteiger partial charge in [-0.25, -0.2) is 19.9 Å². The second-order valence-corrected chi connectivity index (χ2v) is 13.9. The van der Waals surface area contributed by atoms with Crippen LogP contribution in [0.4, 0.5) is 0 Å². The Morgan fingerprint density at radius 1 is 0.364 bits per heavy atom. The average Bonchev–Trinajstić information content (AvgIpc) is 3.71. The van der Waals surface area contributed by atoms with Gasteiger partial charge in [-0.1, -0.05) is 133 Å². The van der Waals surface area contributed by atoms with Gasteiger partial charge in [0.1, 0.15) is 5.52 Å². The van der Waals surface area contributed by atoms with Crippen molar-refractivity contribution in [3.05, 3.63) is 182 Å². The molecule has 8 aromatic carbocycles. The van der Waals surface area contributed by atoms with Gasteiger partial charge in [0.25, 0.3) is 0 Å². The van der Waals surface area contributed by atoms with Gasteiger partial charge in [-0.15, -0.1) is 0 Å². The number of rotatable bonds is 5. The molecule has 0 aliphatic rings. The van der Waals surface area contributed by atoms with Gasteiger partial charge < -0.3 is 4.42 Å². The number of pyridine rings is 1. The summed E-state index contributed by atoms with van der Waals surface area (Å²) in [5, 5.41) is 7.82. The molecular weight excluding hydrogens is 673 g/mol. The van der Waals surface area contributed by atoms with Crippen molar-refractivity contribution in [2.45, 2.75) is 0 Å². The fourth-order valence-corrected chi connectivity index (χ4v) is 7.70. The smallest absolute Gasteiger partial charge is 0.227 e. The molecule has 0 radical (unpaired) electrons. The summed E-state index contributed by atoms with van der Waals surface area (Å²) in [6, 6.07) is 62.8. The number of hydrogen-bond donors (Lipinski definition) is 0. The lowest BCUT2D eigenvalue weighted by molar-refractivity contribution is 0.620. The molecule has 0 atom stereocenters. The SMILES string of the molecule is c1ccc(-c2nc3c(ccc4c(-c5ccc(-c6nc(-c7ccc8ccccc8c7)cc(-c7ccc8ccccc8c7)n6)cc5)nc5ccccc5c43)o2)cc1. The lowest BCUT2D eigenvalue weighted by Crippen LogP contribution is -1.96. The van der Waals surface area contributed by atoms with Crippen molar-refractivity contribution in [3.8, 4) is 56.6 Å². The molecule has 5 nitrogen and oxygen atoms in total. The molecule has 0 saturated carbocycles. The number of oxazole rings is 1. The van der Waals surface area contributed by atoms with Crippen LogP contribution < -0.4 is 0 Å². The van der Waals surface area contributed by atoms with Crippen LogP contribution in [0.1, 0.15) is 0 Å². The summed E-state index contributed by atoms with van der Waals surface area (Å²) in [6.45, 7) is 0. The highest BCUT2D eigenvalue weighted by atomic mass is 16.3. The predicted octanol–water partition coefficient (Wildman–Crippen LogP) is 13.0. The zero-order valence-corrected chi connectivity index (χ0v) is 29.5. The topological polar surface area (TPSA) is 64.7 Å². The fraction of sp³-hybridized carbons (Fsp3) is 0. The Hall–Kier alpha value is -7.50. The minimum atomic E-state index is 0.601. The minimum Gasteiger partial charge on any atom is -0.436 e. The van der Waals surface area contributed by atoms with E-state index in [2.05, 4.69) is 133 Å². The molecule has 0 unspecified atom stereocenters. The first-order valence-corrected chi connectivity index (χ1v) is 18.4. The van der Waals surface area contributed by atoms with Gasteiger partial charge >= 0.3 is 0 Å². The van der Waals surface area contributed by atoms with E-state index in [0.717, 1.165) is 77.7 Å². The van der Waals surface area contributed by atoms with Gasteiger partial charge in [0, 0.05) is 44.0 Å². The Labute approximate surface area is 316 Å². The molecule has 0 aliphatic heterocycles. The van der Waals surface area contributed by atoms with Crippen LogP contribution in [-0.4, -0.2) is 19.9 Å². The fourth-order valence-electron chi connectivity index (χ4n) is 7.70. The normalized spacial score (nSPS) is 11.6. The third-order valence-electron chi connectivity index (χ3n) is 10.5. The molecule has 0 spiro atoms. The number of hydrogen-bond acceptors (Lipinski definition) is 5. The largest absolute Gasteiger partial charge is 0.436 e. The Bertz CT molecular complexity index is 3160. The van der Waals surface area contributed by atoms with E-state index in [-0.39, 0.29) is 0 Å². The molecule has 11 aromatic rings. The van der Waals surface area contributed by atoms with Gasteiger partial charge in [0.2, 0.25) is 5.89 Å². The van der Waals surface area contributed by atoms with Crippen molar-refractivity contribution in [2.75, 3.05) is 0 Å². The van der Waals surface area contributed by atoms with Crippen LogP contribution in [0.2, 0.25) is 0 Å². The summed E-state index contributed by atoms with van der Waals surface area (Å²) in [4.78, 5) is 20.6. The maximum Gasteiger partial charge on any atom is 0.227 e. The quantitative estimate of drug-likeness (QED) is 0.167. The molecule has 0 bridgehead atoms. The molecule has 0 amide bonds. The van der Waals surface area contributed by atoms with E-state index in [4.69, 9.17) is 24.4 Å². The molecular formula is C50H30N4O. The number of aromatic nitrogens is 4. The van der Waals surface area contributed by atoms with Crippen LogP contribution in [0.5, 0.6) is 0 Å². The Morgan fingerprint density at radius 2 is 0.945 bits per heavy atom. The van der Waals surface area contributed by atoms with Crippen LogP contribution in [0.15, 0.2) is 186 Å². The third kappa shape index (κ3) is 5.41. The minimum absolute atomic E-state index is 0.601. The molecule has 0 saturated heterocycles. The predicted molar refractivity (Wildman–Crippen MR) is 225 cm³/mol. The van der Waals surface area contributed by atoms with Crippen molar-refractivity contribution in [2.24, 2.45) is 0 Å². The maximum atomic E-state index is 6.30. The molecule has 3 aromatic heterocycles. The summed E-state index contributed by atoms with van der Waals surface area (Å²) in [5.74, 6) is 1.26. The van der Waals surface area contributed by atoms with Crippen LogP contribution in [0.25, 0.3) is 111 Å². The van der Waals surface area contributed by atoms with E-state index in [9.17, 15) is 0 Å².